The molecule has 0 aliphatic heterocycles. The van der Waals surface area contributed by atoms with E-state index in [4.69, 9.17) is 23.2 Å². The summed E-state index contributed by atoms with van der Waals surface area (Å²) in [6.45, 7) is 0. The molecule has 0 unspecified atom stereocenters. The summed E-state index contributed by atoms with van der Waals surface area (Å²) in [6.07, 6.45) is 0. The van der Waals surface area contributed by atoms with Gasteiger partial charge in [0.1, 0.15) is 0 Å². The first-order valence-electron chi connectivity index (χ1n) is 4.81. The molecule has 0 heterocycles. The number of hydrogen-bond acceptors (Lipinski definition) is 0. The van der Waals surface area contributed by atoms with Crippen molar-refractivity contribution in [2.45, 2.75) is 5.88 Å². The van der Waals surface area contributed by atoms with Crippen molar-refractivity contribution in [1.82, 2.24) is 0 Å². The van der Waals surface area contributed by atoms with Gasteiger partial charge in [0.05, 0.1) is 0 Å². The van der Waals surface area contributed by atoms with Crippen molar-refractivity contribution in [3.8, 4) is 11.1 Å². The zero-order valence-corrected chi connectivity index (χ0v) is 11.5. The lowest BCUT2D eigenvalue weighted by molar-refractivity contribution is 1.37. The third-order valence-electron chi connectivity index (χ3n) is 2.38. The summed E-state index contributed by atoms with van der Waals surface area (Å²) in [5.74, 6) is 0.502. The van der Waals surface area contributed by atoms with Gasteiger partial charge in [0.25, 0.3) is 0 Å². The quantitative estimate of drug-likeness (QED) is 0.641. The second kappa shape index (κ2) is 5.22. The monoisotopic (exact) mass is 314 g/mol. The summed E-state index contributed by atoms with van der Waals surface area (Å²) < 4.78 is 1.05. The van der Waals surface area contributed by atoms with Crippen LogP contribution in [0.4, 0.5) is 0 Å². The lowest BCUT2D eigenvalue weighted by Gasteiger charge is -2.08. The number of alkyl halides is 1. The van der Waals surface area contributed by atoms with Crippen molar-refractivity contribution >= 4 is 39.1 Å². The maximum Gasteiger partial charge on any atom is 0.0485 e. The van der Waals surface area contributed by atoms with Gasteiger partial charge in [0, 0.05) is 15.4 Å². The Kier molecular flexibility index (Phi) is 3.91. The van der Waals surface area contributed by atoms with Crippen LogP contribution in [0.2, 0.25) is 5.02 Å². The summed E-state index contributed by atoms with van der Waals surface area (Å²) in [5, 5.41) is 0.744. The average molecular weight is 316 g/mol. The van der Waals surface area contributed by atoms with E-state index in [0.29, 0.717) is 5.88 Å². The molecule has 82 valence electrons. The van der Waals surface area contributed by atoms with Gasteiger partial charge in [0.2, 0.25) is 0 Å². The number of halogens is 3. The fraction of sp³-hybridized carbons (Fsp3) is 0.0769. The van der Waals surface area contributed by atoms with E-state index in [-0.39, 0.29) is 0 Å². The van der Waals surface area contributed by atoms with Crippen molar-refractivity contribution < 1.29 is 0 Å². The van der Waals surface area contributed by atoms with Crippen LogP contribution >= 0.6 is 39.1 Å². The van der Waals surface area contributed by atoms with Gasteiger partial charge in [-0.2, -0.15) is 0 Å². The topological polar surface area (TPSA) is 0 Å². The van der Waals surface area contributed by atoms with E-state index >= 15 is 0 Å². The molecular weight excluding hydrogens is 307 g/mol. The fourth-order valence-corrected chi connectivity index (χ4v) is 2.68. The predicted molar refractivity (Wildman–Crippen MR) is 74.1 cm³/mol. The highest BCUT2D eigenvalue weighted by atomic mass is 79.9. The van der Waals surface area contributed by atoms with Gasteiger partial charge in [-0.05, 0) is 44.8 Å². The summed E-state index contributed by atoms with van der Waals surface area (Å²) in [4.78, 5) is 0. The molecule has 0 atom stereocenters. The summed E-state index contributed by atoms with van der Waals surface area (Å²) in [7, 11) is 0. The lowest BCUT2D eigenvalue weighted by atomic mass is 10.0. The molecule has 0 saturated carbocycles. The first-order chi connectivity index (χ1) is 7.72. The van der Waals surface area contributed by atoms with Gasteiger partial charge >= 0.3 is 0 Å². The molecule has 0 saturated heterocycles. The zero-order chi connectivity index (χ0) is 11.5. The normalized spacial score (nSPS) is 10.4. The minimum Gasteiger partial charge on any atom is -0.122 e. The van der Waals surface area contributed by atoms with Crippen LogP contribution in [0.1, 0.15) is 5.56 Å². The van der Waals surface area contributed by atoms with Gasteiger partial charge < -0.3 is 0 Å². The van der Waals surface area contributed by atoms with Crippen LogP contribution < -0.4 is 0 Å². The van der Waals surface area contributed by atoms with E-state index in [2.05, 4.69) is 22.0 Å². The highest BCUT2D eigenvalue weighted by molar-refractivity contribution is 9.10. The second-order valence-corrected chi connectivity index (χ2v) is 4.92. The van der Waals surface area contributed by atoms with Crippen LogP contribution in [0, 0.1) is 0 Å². The summed E-state index contributed by atoms with van der Waals surface area (Å²) in [6, 6.07) is 13.8. The average Bonchev–Trinajstić information content (AvgIpc) is 2.31. The molecule has 0 amide bonds. The van der Waals surface area contributed by atoms with Gasteiger partial charge in [-0.25, -0.2) is 0 Å². The second-order valence-electron chi connectivity index (χ2n) is 3.42. The van der Waals surface area contributed by atoms with E-state index < -0.39 is 0 Å². The molecule has 0 fully saturated rings. The Balaban J connectivity index is 2.51. The minimum absolute atomic E-state index is 0.502. The summed E-state index contributed by atoms with van der Waals surface area (Å²) in [5.41, 5.74) is 3.35. The molecule has 0 N–H and O–H groups in total. The molecule has 2 rings (SSSR count). The molecule has 2 aromatic carbocycles. The van der Waals surface area contributed by atoms with Crippen molar-refractivity contribution in [3.63, 3.8) is 0 Å². The Morgan fingerprint density at radius 3 is 2.31 bits per heavy atom. The Labute approximate surface area is 113 Å². The largest absolute Gasteiger partial charge is 0.122 e. The van der Waals surface area contributed by atoms with Crippen LogP contribution in [-0.2, 0) is 5.88 Å². The van der Waals surface area contributed by atoms with Crippen LogP contribution in [-0.4, -0.2) is 0 Å². The Bertz CT molecular complexity index is 492. The molecule has 2 aromatic rings. The lowest BCUT2D eigenvalue weighted by Crippen LogP contribution is -1.85. The number of benzene rings is 2. The maximum atomic E-state index is 5.87. The third kappa shape index (κ3) is 2.42. The van der Waals surface area contributed by atoms with Crippen LogP contribution in [0.25, 0.3) is 11.1 Å². The van der Waals surface area contributed by atoms with Gasteiger partial charge in [-0.1, -0.05) is 41.9 Å². The predicted octanol–water partition coefficient (Wildman–Crippen LogP) is 5.51. The first kappa shape index (κ1) is 12.0. The van der Waals surface area contributed by atoms with Crippen molar-refractivity contribution in [2.24, 2.45) is 0 Å². The Hall–Kier alpha value is -0.500. The Morgan fingerprint density at radius 1 is 1.00 bits per heavy atom. The van der Waals surface area contributed by atoms with Gasteiger partial charge in [-0.3, -0.25) is 0 Å². The van der Waals surface area contributed by atoms with E-state index in [0.717, 1.165) is 26.2 Å². The van der Waals surface area contributed by atoms with E-state index in [1.165, 1.54) is 0 Å². The molecule has 0 bridgehead atoms. The minimum atomic E-state index is 0.502. The van der Waals surface area contributed by atoms with Crippen molar-refractivity contribution in [3.05, 3.63) is 57.5 Å². The molecular formula is C13H9BrCl2. The Morgan fingerprint density at radius 2 is 1.69 bits per heavy atom. The summed E-state index contributed by atoms with van der Waals surface area (Å²) >= 11 is 15.3. The maximum absolute atomic E-state index is 5.87. The van der Waals surface area contributed by atoms with E-state index in [9.17, 15) is 0 Å². The van der Waals surface area contributed by atoms with Crippen LogP contribution in [0.15, 0.2) is 46.9 Å². The molecule has 16 heavy (non-hydrogen) atoms. The first-order valence-corrected chi connectivity index (χ1v) is 6.52. The molecule has 0 aliphatic rings. The molecule has 0 aliphatic carbocycles. The molecule has 0 spiro atoms. The smallest absolute Gasteiger partial charge is 0.0485 e. The van der Waals surface area contributed by atoms with Crippen LogP contribution in [0.5, 0.6) is 0 Å². The van der Waals surface area contributed by atoms with Crippen molar-refractivity contribution in [2.75, 3.05) is 0 Å². The molecule has 0 radical (unpaired) electrons. The fourth-order valence-electron chi connectivity index (χ4n) is 1.54. The standard InChI is InChI=1S/C13H9BrCl2/c14-13-10(8-15)2-1-3-12(13)9-4-6-11(16)7-5-9/h1-7H,8H2. The SMILES string of the molecule is ClCc1cccc(-c2ccc(Cl)cc2)c1Br. The van der Waals surface area contributed by atoms with Gasteiger partial charge in [0.15, 0.2) is 0 Å². The van der Waals surface area contributed by atoms with Crippen molar-refractivity contribution in [1.29, 1.82) is 0 Å². The van der Waals surface area contributed by atoms with E-state index in [1.54, 1.807) is 0 Å². The molecule has 0 nitrogen and oxygen atoms in total. The van der Waals surface area contributed by atoms with Gasteiger partial charge in [-0.15, -0.1) is 11.6 Å². The zero-order valence-electron chi connectivity index (χ0n) is 8.38. The van der Waals surface area contributed by atoms with Crippen LogP contribution in [0.3, 0.4) is 0 Å². The number of rotatable bonds is 2. The highest BCUT2D eigenvalue weighted by Gasteiger charge is 2.06. The van der Waals surface area contributed by atoms with E-state index in [1.807, 2.05) is 36.4 Å². The third-order valence-corrected chi connectivity index (χ3v) is 3.85. The highest BCUT2D eigenvalue weighted by Crippen LogP contribution is 2.32. The molecule has 3 heteroatoms. The number of hydrogen-bond donors (Lipinski definition) is 0. The molecule has 0 aromatic heterocycles.